The number of carbonyl (C=O) groups is 1. The van der Waals surface area contributed by atoms with Crippen molar-refractivity contribution < 1.29 is 4.79 Å². The van der Waals surface area contributed by atoms with Crippen molar-refractivity contribution in [2.75, 3.05) is 11.9 Å². The molecule has 0 aromatic carbocycles. The summed E-state index contributed by atoms with van der Waals surface area (Å²) >= 11 is 1.70. The number of aryl methyl sites for hydroxylation is 1. The van der Waals surface area contributed by atoms with E-state index in [4.69, 9.17) is 0 Å². The van der Waals surface area contributed by atoms with Crippen molar-refractivity contribution in [1.82, 2.24) is 20.6 Å². The van der Waals surface area contributed by atoms with Crippen molar-refractivity contribution in [3.05, 3.63) is 17.3 Å². The monoisotopic (exact) mass is 389 g/mol. The number of hydrogen-bond acceptors (Lipinski definition) is 6. The highest BCUT2D eigenvalue weighted by molar-refractivity contribution is 7.18. The fourth-order valence-electron chi connectivity index (χ4n) is 4.24. The largest absolute Gasteiger partial charge is 0.369 e. The Balaban J connectivity index is 1.53. The molecule has 1 aliphatic rings. The first-order chi connectivity index (χ1) is 12.7. The summed E-state index contributed by atoms with van der Waals surface area (Å²) in [4.78, 5) is 23.4. The van der Waals surface area contributed by atoms with E-state index in [9.17, 15) is 4.79 Å². The van der Waals surface area contributed by atoms with Crippen LogP contribution in [0.1, 0.15) is 58.8 Å². The molecule has 1 fully saturated rings. The van der Waals surface area contributed by atoms with E-state index in [-0.39, 0.29) is 23.0 Å². The number of piperidine rings is 1. The van der Waals surface area contributed by atoms with Crippen LogP contribution in [0.3, 0.4) is 0 Å². The van der Waals surface area contributed by atoms with Crippen LogP contribution in [-0.4, -0.2) is 39.5 Å². The van der Waals surface area contributed by atoms with Crippen molar-refractivity contribution in [3.8, 4) is 0 Å². The standard InChI is InChI=1S/C20H31N5OS/c1-6-14-9-15-17(22-12-23-18(15)27-14)21-8-7-16(26)24-13-10-19(2,3)25-20(4,5)11-13/h9,12-13,25H,6-8,10-11H2,1-5H3,(H,24,26)(H,21,22,23). The number of carbonyl (C=O) groups excluding carboxylic acids is 1. The van der Waals surface area contributed by atoms with Gasteiger partial charge in [-0.3, -0.25) is 4.79 Å². The summed E-state index contributed by atoms with van der Waals surface area (Å²) in [5.74, 6) is 0.902. The Labute approximate surface area is 165 Å². The quantitative estimate of drug-likeness (QED) is 0.705. The molecule has 3 heterocycles. The van der Waals surface area contributed by atoms with Gasteiger partial charge in [-0.25, -0.2) is 9.97 Å². The lowest BCUT2D eigenvalue weighted by molar-refractivity contribution is -0.122. The SMILES string of the molecule is CCc1cc2c(NCCC(=O)NC3CC(C)(C)NC(C)(C)C3)ncnc2s1. The zero-order valence-corrected chi connectivity index (χ0v) is 17.8. The lowest BCUT2D eigenvalue weighted by atomic mass is 9.79. The van der Waals surface area contributed by atoms with Gasteiger partial charge in [0, 0.05) is 35.0 Å². The summed E-state index contributed by atoms with van der Waals surface area (Å²) in [5.41, 5.74) is 0.0564. The molecule has 27 heavy (non-hydrogen) atoms. The van der Waals surface area contributed by atoms with Gasteiger partial charge in [-0.2, -0.15) is 0 Å². The van der Waals surface area contributed by atoms with E-state index >= 15 is 0 Å². The fourth-order valence-corrected chi connectivity index (χ4v) is 5.17. The molecular weight excluding hydrogens is 358 g/mol. The number of thiophene rings is 1. The van der Waals surface area contributed by atoms with Crippen molar-refractivity contribution >= 4 is 33.3 Å². The Kier molecular flexibility index (Phi) is 5.72. The minimum atomic E-state index is 0.0282. The zero-order valence-electron chi connectivity index (χ0n) is 17.0. The number of amides is 1. The summed E-state index contributed by atoms with van der Waals surface area (Å²) in [6, 6.07) is 2.35. The van der Waals surface area contributed by atoms with E-state index in [0.717, 1.165) is 35.3 Å². The van der Waals surface area contributed by atoms with Crippen LogP contribution in [0.2, 0.25) is 0 Å². The minimum absolute atomic E-state index is 0.0282. The Hall–Kier alpha value is -1.73. The average molecular weight is 390 g/mol. The number of anilines is 1. The topological polar surface area (TPSA) is 78.9 Å². The van der Waals surface area contributed by atoms with Gasteiger partial charge in [-0.05, 0) is 53.0 Å². The minimum Gasteiger partial charge on any atom is -0.369 e. The van der Waals surface area contributed by atoms with E-state index in [2.05, 4.69) is 66.6 Å². The second-order valence-electron chi connectivity index (χ2n) is 8.75. The molecule has 0 atom stereocenters. The summed E-state index contributed by atoms with van der Waals surface area (Å²) in [6.45, 7) is 11.5. The predicted molar refractivity (Wildman–Crippen MR) is 112 cm³/mol. The van der Waals surface area contributed by atoms with Gasteiger partial charge in [-0.1, -0.05) is 6.92 Å². The number of hydrogen-bond donors (Lipinski definition) is 3. The molecule has 7 heteroatoms. The lowest BCUT2D eigenvalue weighted by Gasteiger charge is -2.46. The summed E-state index contributed by atoms with van der Waals surface area (Å²) in [6.07, 6.45) is 4.89. The lowest BCUT2D eigenvalue weighted by Crippen LogP contribution is -2.62. The molecular formula is C20H31N5OS. The van der Waals surface area contributed by atoms with Crippen molar-refractivity contribution in [3.63, 3.8) is 0 Å². The highest BCUT2D eigenvalue weighted by atomic mass is 32.1. The van der Waals surface area contributed by atoms with E-state index in [1.54, 1.807) is 17.7 Å². The Bertz CT molecular complexity index is 798. The van der Waals surface area contributed by atoms with E-state index < -0.39 is 0 Å². The molecule has 0 unspecified atom stereocenters. The number of nitrogens with one attached hydrogen (secondary N) is 3. The molecule has 0 aliphatic carbocycles. The van der Waals surface area contributed by atoms with Crippen LogP contribution in [0.25, 0.3) is 10.2 Å². The van der Waals surface area contributed by atoms with Crippen LogP contribution in [0.5, 0.6) is 0 Å². The molecule has 148 valence electrons. The number of aromatic nitrogens is 2. The van der Waals surface area contributed by atoms with E-state index in [1.807, 2.05) is 0 Å². The molecule has 1 aliphatic heterocycles. The molecule has 1 saturated heterocycles. The van der Waals surface area contributed by atoms with Gasteiger partial charge >= 0.3 is 0 Å². The Morgan fingerprint density at radius 1 is 1.26 bits per heavy atom. The van der Waals surface area contributed by atoms with Crippen LogP contribution in [0, 0.1) is 0 Å². The first kappa shape index (κ1) is 20.0. The molecule has 6 nitrogen and oxygen atoms in total. The number of rotatable bonds is 6. The molecule has 3 rings (SSSR count). The third-order valence-electron chi connectivity index (χ3n) is 4.93. The van der Waals surface area contributed by atoms with Gasteiger partial charge in [0.1, 0.15) is 17.0 Å². The van der Waals surface area contributed by atoms with Gasteiger partial charge in [-0.15, -0.1) is 11.3 Å². The Morgan fingerprint density at radius 3 is 2.63 bits per heavy atom. The van der Waals surface area contributed by atoms with E-state index in [1.165, 1.54) is 4.88 Å². The first-order valence-corrected chi connectivity index (χ1v) is 10.5. The molecule has 0 radical (unpaired) electrons. The Morgan fingerprint density at radius 2 is 1.96 bits per heavy atom. The van der Waals surface area contributed by atoms with Crippen LogP contribution < -0.4 is 16.0 Å². The third kappa shape index (κ3) is 5.17. The van der Waals surface area contributed by atoms with Crippen LogP contribution in [0.15, 0.2) is 12.4 Å². The average Bonchev–Trinajstić information content (AvgIpc) is 2.95. The van der Waals surface area contributed by atoms with Crippen molar-refractivity contribution in [2.24, 2.45) is 0 Å². The first-order valence-electron chi connectivity index (χ1n) is 9.73. The maximum atomic E-state index is 12.4. The van der Waals surface area contributed by atoms with E-state index in [0.29, 0.717) is 13.0 Å². The van der Waals surface area contributed by atoms with Crippen LogP contribution in [0.4, 0.5) is 5.82 Å². The van der Waals surface area contributed by atoms with Crippen molar-refractivity contribution in [1.29, 1.82) is 0 Å². The number of fused-ring (bicyclic) bond motifs is 1. The number of nitrogens with zero attached hydrogens (tertiary/aromatic N) is 2. The highest BCUT2D eigenvalue weighted by Crippen LogP contribution is 2.29. The maximum Gasteiger partial charge on any atom is 0.221 e. The van der Waals surface area contributed by atoms with Crippen molar-refractivity contribution in [2.45, 2.75) is 77.4 Å². The summed E-state index contributed by atoms with van der Waals surface area (Å²) < 4.78 is 0. The maximum absolute atomic E-state index is 12.4. The zero-order chi connectivity index (χ0) is 19.7. The molecule has 0 bridgehead atoms. The van der Waals surface area contributed by atoms with Gasteiger partial charge in [0.15, 0.2) is 0 Å². The molecule has 2 aromatic heterocycles. The molecule has 3 N–H and O–H groups in total. The summed E-state index contributed by atoms with van der Waals surface area (Å²) in [5, 5.41) is 11.2. The normalized spacial score (nSPS) is 19.1. The van der Waals surface area contributed by atoms with Gasteiger partial charge in [0.25, 0.3) is 0 Å². The fraction of sp³-hybridized carbons (Fsp3) is 0.650. The van der Waals surface area contributed by atoms with Crippen LogP contribution in [-0.2, 0) is 11.2 Å². The second-order valence-corrected chi connectivity index (χ2v) is 9.86. The molecule has 0 spiro atoms. The van der Waals surface area contributed by atoms with Crippen LogP contribution >= 0.6 is 11.3 Å². The predicted octanol–water partition coefficient (Wildman–Crippen LogP) is 3.48. The second kappa shape index (κ2) is 7.72. The van der Waals surface area contributed by atoms with Gasteiger partial charge in [0.2, 0.25) is 5.91 Å². The molecule has 2 aromatic rings. The third-order valence-corrected chi connectivity index (χ3v) is 6.12. The smallest absolute Gasteiger partial charge is 0.221 e. The van der Waals surface area contributed by atoms with Gasteiger partial charge in [0.05, 0.1) is 5.39 Å². The molecule has 1 amide bonds. The molecule has 0 saturated carbocycles. The highest BCUT2D eigenvalue weighted by Gasteiger charge is 2.38. The van der Waals surface area contributed by atoms with Gasteiger partial charge < -0.3 is 16.0 Å². The summed E-state index contributed by atoms with van der Waals surface area (Å²) in [7, 11) is 0.